The number of unbranched alkanes of at least 4 members (excludes halogenated alkanes) is 1. The summed E-state index contributed by atoms with van der Waals surface area (Å²) in [6, 6.07) is 31.5. The molecule has 0 saturated heterocycles. The Balaban J connectivity index is 1.20. The van der Waals surface area contributed by atoms with E-state index in [0.29, 0.717) is 36.1 Å². The maximum Gasteiger partial charge on any atom is 0.328 e. The number of carbonyl (C=O) groups is 3. The normalized spacial score (nSPS) is 11.8. The van der Waals surface area contributed by atoms with Crippen LogP contribution in [0.1, 0.15) is 51.6 Å². The first-order valence-corrected chi connectivity index (χ1v) is 13.1. The minimum Gasteiger partial charge on any atom is -0.467 e. The molecule has 1 unspecified atom stereocenters. The fourth-order valence-corrected chi connectivity index (χ4v) is 5.07. The van der Waals surface area contributed by atoms with Crippen molar-refractivity contribution in [2.75, 3.05) is 13.7 Å². The standard InChI is InChI=1S/C33H30N2O4/c1-39-33(38)30(35-28-15-7-5-13-26(28)27-14-6-8-16-29(27)35)17-9-10-22-34-32(37)25-20-18-24(19-21-25)31(36)23-11-3-2-4-12-23/h2-8,11-16,18-21,30H,9-10,17,22H2,1H3,(H,34,37). The van der Waals surface area contributed by atoms with Crippen molar-refractivity contribution in [2.24, 2.45) is 0 Å². The van der Waals surface area contributed by atoms with Gasteiger partial charge in [0.1, 0.15) is 6.04 Å². The number of hydrogen-bond donors (Lipinski definition) is 1. The Hall–Kier alpha value is -4.71. The molecule has 0 aliphatic heterocycles. The summed E-state index contributed by atoms with van der Waals surface area (Å²) < 4.78 is 7.26. The first-order valence-electron chi connectivity index (χ1n) is 13.1. The van der Waals surface area contributed by atoms with E-state index in [2.05, 4.69) is 22.0 Å². The summed E-state index contributed by atoms with van der Waals surface area (Å²) in [6.07, 6.45) is 2.02. The second-order valence-corrected chi connectivity index (χ2v) is 9.47. The van der Waals surface area contributed by atoms with Crippen molar-refractivity contribution in [3.63, 3.8) is 0 Å². The van der Waals surface area contributed by atoms with Gasteiger partial charge in [-0.3, -0.25) is 9.59 Å². The van der Waals surface area contributed by atoms with Crippen molar-refractivity contribution in [2.45, 2.75) is 25.3 Å². The summed E-state index contributed by atoms with van der Waals surface area (Å²) in [7, 11) is 1.42. The van der Waals surface area contributed by atoms with Gasteiger partial charge in [0.05, 0.1) is 7.11 Å². The lowest BCUT2D eigenvalue weighted by Crippen LogP contribution is -2.25. The van der Waals surface area contributed by atoms with E-state index < -0.39 is 6.04 Å². The molecular weight excluding hydrogens is 488 g/mol. The van der Waals surface area contributed by atoms with Crippen molar-refractivity contribution < 1.29 is 19.1 Å². The van der Waals surface area contributed by atoms with Crippen LogP contribution in [-0.2, 0) is 9.53 Å². The van der Waals surface area contributed by atoms with Crippen LogP contribution in [0.3, 0.4) is 0 Å². The molecule has 0 aliphatic carbocycles. The lowest BCUT2D eigenvalue weighted by Gasteiger charge is -2.19. The summed E-state index contributed by atoms with van der Waals surface area (Å²) in [5.74, 6) is -0.553. The van der Waals surface area contributed by atoms with Gasteiger partial charge in [-0.1, -0.05) is 78.9 Å². The van der Waals surface area contributed by atoms with Gasteiger partial charge in [0, 0.05) is 45.0 Å². The fraction of sp³-hybridized carbons (Fsp3) is 0.182. The van der Waals surface area contributed by atoms with E-state index in [1.54, 1.807) is 36.4 Å². The van der Waals surface area contributed by atoms with Crippen molar-refractivity contribution in [1.29, 1.82) is 0 Å². The molecule has 4 aromatic carbocycles. The molecule has 1 atom stereocenters. The van der Waals surface area contributed by atoms with E-state index in [1.807, 2.05) is 54.6 Å². The van der Waals surface area contributed by atoms with Crippen LogP contribution in [0.5, 0.6) is 0 Å². The van der Waals surface area contributed by atoms with E-state index in [1.165, 1.54) is 7.11 Å². The number of nitrogens with zero attached hydrogens (tertiary/aromatic N) is 1. The molecule has 1 N–H and O–H groups in total. The molecule has 1 aromatic heterocycles. The van der Waals surface area contributed by atoms with Crippen LogP contribution in [0.2, 0.25) is 0 Å². The number of benzene rings is 4. The monoisotopic (exact) mass is 518 g/mol. The maximum absolute atomic E-state index is 12.9. The van der Waals surface area contributed by atoms with Crippen molar-refractivity contribution in [1.82, 2.24) is 9.88 Å². The molecule has 1 amide bonds. The van der Waals surface area contributed by atoms with Gasteiger partial charge in [-0.15, -0.1) is 0 Å². The maximum atomic E-state index is 12.9. The summed E-state index contributed by atoms with van der Waals surface area (Å²) in [5, 5.41) is 5.15. The van der Waals surface area contributed by atoms with Crippen LogP contribution >= 0.6 is 0 Å². The molecule has 0 spiro atoms. The van der Waals surface area contributed by atoms with Crippen LogP contribution in [0.15, 0.2) is 103 Å². The lowest BCUT2D eigenvalue weighted by molar-refractivity contribution is -0.144. The van der Waals surface area contributed by atoms with Gasteiger partial charge in [-0.2, -0.15) is 0 Å². The number of aromatic nitrogens is 1. The number of esters is 1. The predicted octanol–water partition coefficient (Wildman–Crippen LogP) is 6.34. The third kappa shape index (κ3) is 5.46. The van der Waals surface area contributed by atoms with Gasteiger partial charge in [0.2, 0.25) is 0 Å². The van der Waals surface area contributed by atoms with Crippen molar-refractivity contribution in [3.05, 3.63) is 120 Å². The van der Waals surface area contributed by atoms with Gasteiger partial charge in [0.15, 0.2) is 5.78 Å². The number of ether oxygens (including phenoxy) is 1. The highest BCUT2D eigenvalue weighted by Crippen LogP contribution is 2.33. The van der Waals surface area contributed by atoms with Crippen LogP contribution in [-0.4, -0.2) is 35.9 Å². The first kappa shape index (κ1) is 25.9. The van der Waals surface area contributed by atoms with Crippen LogP contribution in [0.25, 0.3) is 21.8 Å². The molecule has 196 valence electrons. The average molecular weight is 519 g/mol. The Bertz CT molecular complexity index is 1570. The minimum atomic E-state index is -0.467. The van der Waals surface area contributed by atoms with Crippen molar-refractivity contribution in [3.8, 4) is 0 Å². The smallest absolute Gasteiger partial charge is 0.328 e. The predicted molar refractivity (Wildman–Crippen MR) is 153 cm³/mol. The molecule has 0 fully saturated rings. The molecule has 0 radical (unpaired) electrons. The molecule has 0 aliphatic rings. The number of amides is 1. The third-order valence-corrected chi connectivity index (χ3v) is 7.04. The zero-order valence-corrected chi connectivity index (χ0v) is 21.8. The van der Waals surface area contributed by atoms with E-state index in [-0.39, 0.29) is 17.7 Å². The SMILES string of the molecule is COC(=O)C(CCCCNC(=O)c1ccc(C(=O)c2ccccc2)cc1)n1c2ccccc2c2ccccc21. The zero-order chi connectivity index (χ0) is 27.2. The second-order valence-electron chi connectivity index (χ2n) is 9.47. The van der Waals surface area contributed by atoms with Gasteiger partial charge >= 0.3 is 5.97 Å². The molecule has 6 heteroatoms. The molecule has 5 rings (SSSR count). The largest absolute Gasteiger partial charge is 0.467 e. The number of ketones is 1. The number of methoxy groups -OCH3 is 1. The third-order valence-electron chi connectivity index (χ3n) is 7.04. The number of fused-ring (bicyclic) bond motifs is 3. The van der Waals surface area contributed by atoms with Gasteiger partial charge < -0.3 is 14.6 Å². The number of rotatable bonds is 10. The van der Waals surface area contributed by atoms with Gasteiger partial charge in [0.25, 0.3) is 5.91 Å². The minimum absolute atomic E-state index is 0.0778. The quantitative estimate of drug-likeness (QED) is 0.133. The van der Waals surface area contributed by atoms with Gasteiger partial charge in [-0.25, -0.2) is 4.79 Å². The molecule has 6 nitrogen and oxygen atoms in total. The number of hydrogen-bond acceptors (Lipinski definition) is 4. The summed E-state index contributed by atoms with van der Waals surface area (Å²) >= 11 is 0. The lowest BCUT2D eigenvalue weighted by atomic mass is 10.0. The van der Waals surface area contributed by atoms with E-state index >= 15 is 0 Å². The molecule has 1 heterocycles. The Morgan fingerprint density at radius 1 is 0.692 bits per heavy atom. The second kappa shape index (κ2) is 11.8. The highest BCUT2D eigenvalue weighted by molar-refractivity contribution is 6.10. The number of nitrogens with one attached hydrogen (secondary N) is 1. The Morgan fingerprint density at radius 3 is 1.85 bits per heavy atom. The average Bonchev–Trinajstić information content (AvgIpc) is 3.33. The molecule has 0 saturated carbocycles. The van der Waals surface area contributed by atoms with Gasteiger partial charge in [-0.05, 0) is 43.5 Å². The summed E-state index contributed by atoms with van der Waals surface area (Å²) in [5.41, 5.74) is 3.64. The van der Waals surface area contributed by atoms with E-state index in [4.69, 9.17) is 4.74 Å². The molecule has 0 bridgehead atoms. The van der Waals surface area contributed by atoms with Crippen LogP contribution in [0.4, 0.5) is 0 Å². The Morgan fingerprint density at radius 2 is 1.23 bits per heavy atom. The first-order chi connectivity index (χ1) is 19.1. The molecular formula is C33H30N2O4. The number of carbonyl (C=O) groups excluding carboxylic acids is 3. The van der Waals surface area contributed by atoms with Crippen LogP contribution in [0, 0.1) is 0 Å². The topological polar surface area (TPSA) is 77.4 Å². The van der Waals surface area contributed by atoms with E-state index in [0.717, 1.165) is 28.2 Å². The Kier molecular flexibility index (Phi) is 7.83. The fourth-order valence-electron chi connectivity index (χ4n) is 5.07. The summed E-state index contributed by atoms with van der Waals surface area (Å²) in [4.78, 5) is 38.1. The highest BCUT2D eigenvalue weighted by Gasteiger charge is 2.25. The summed E-state index contributed by atoms with van der Waals surface area (Å²) in [6.45, 7) is 0.477. The van der Waals surface area contributed by atoms with Crippen molar-refractivity contribution >= 4 is 39.5 Å². The highest BCUT2D eigenvalue weighted by atomic mass is 16.5. The zero-order valence-electron chi connectivity index (χ0n) is 21.8. The Labute approximate surface area is 227 Å². The van der Waals surface area contributed by atoms with Crippen LogP contribution < -0.4 is 5.32 Å². The van der Waals surface area contributed by atoms with E-state index in [9.17, 15) is 14.4 Å². The molecule has 5 aromatic rings. The number of para-hydroxylation sites is 2. The molecule has 39 heavy (non-hydrogen) atoms.